The fraction of sp³-hybridized carbons (Fsp3) is 0.429. The van der Waals surface area contributed by atoms with E-state index in [1.807, 2.05) is 13.8 Å². The molecule has 0 amide bonds. The summed E-state index contributed by atoms with van der Waals surface area (Å²) in [7, 11) is 0. The predicted molar refractivity (Wildman–Crippen MR) is 41.1 cm³/mol. The molecule has 0 heterocycles. The second kappa shape index (κ2) is 10.1. The molecule has 0 unspecified atom stereocenters. The van der Waals surface area contributed by atoms with Gasteiger partial charge in [0.15, 0.2) is 0 Å². The predicted octanol–water partition coefficient (Wildman–Crippen LogP) is 1.95. The Morgan fingerprint density at radius 3 is 2.00 bits per heavy atom. The van der Waals surface area contributed by atoms with Crippen molar-refractivity contribution in [3.05, 3.63) is 24.1 Å². The molecular weight excluding hydrogens is 114 g/mol. The Kier molecular flexibility index (Phi) is 12.3. The summed E-state index contributed by atoms with van der Waals surface area (Å²) in [4.78, 5) is 0. The number of aliphatic hydroxyl groups excluding tert-OH is 1. The zero-order valence-corrected chi connectivity index (χ0v) is 6.26. The van der Waals surface area contributed by atoms with Crippen LogP contribution in [0.1, 0.15) is 20.8 Å². The van der Waals surface area contributed by atoms with E-state index in [1.165, 1.54) is 12.3 Å². The minimum atomic E-state index is 0.197. The lowest BCUT2D eigenvalue weighted by molar-refractivity contribution is 0.431. The highest BCUT2D eigenvalue weighted by Crippen LogP contribution is 1.84. The minimum absolute atomic E-state index is 0.197. The van der Waals surface area contributed by atoms with E-state index in [0.717, 1.165) is 0 Å². The first-order valence-electron chi connectivity index (χ1n) is 3.04. The Balaban J connectivity index is 0. The SMILES string of the molecule is C/C=C(O)\C=C/N.CC. The molecule has 3 N–H and O–H groups in total. The zero-order chi connectivity index (χ0) is 7.70. The molecule has 0 radical (unpaired) electrons. The van der Waals surface area contributed by atoms with Gasteiger partial charge in [0.2, 0.25) is 0 Å². The molecule has 0 rings (SSSR count). The van der Waals surface area contributed by atoms with Crippen molar-refractivity contribution in [2.45, 2.75) is 20.8 Å². The Hall–Kier alpha value is -0.920. The van der Waals surface area contributed by atoms with Crippen molar-refractivity contribution in [1.82, 2.24) is 0 Å². The summed E-state index contributed by atoms with van der Waals surface area (Å²) >= 11 is 0. The second-order valence-corrected chi connectivity index (χ2v) is 1.07. The lowest BCUT2D eigenvalue weighted by Gasteiger charge is -1.81. The van der Waals surface area contributed by atoms with Crippen molar-refractivity contribution < 1.29 is 5.11 Å². The van der Waals surface area contributed by atoms with Crippen LogP contribution in [0.5, 0.6) is 0 Å². The van der Waals surface area contributed by atoms with Crippen LogP contribution in [0.3, 0.4) is 0 Å². The topological polar surface area (TPSA) is 46.2 Å². The van der Waals surface area contributed by atoms with Gasteiger partial charge >= 0.3 is 0 Å². The summed E-state index contributed by atoms with van der Waals surface area (Å²) in [6.07, 6.45) is 4.26. The maximum atomic E-state index is 8.55. The van der Waals surface area contributed by atoms with Gasteiger partial charge in [0.05, 0.1) is 0 Å². The number of aliphatic hydroxyl groups is 1. The van der Waals surface area contributed by atoms with Gasteiger partial charge in [-0.3, -0.25) is 0 Å². The lowest BCUT2D eigenvalue weighted by Crippen LogP contribution is -1.77. The van der Waals surface area contributed by atoms with Gasteiger partial charge in [-0.05, 0) is 25.3 Å². The molecule has 0 saturated carbocycles. The highest BCUT2D eigenvalue weighted by molar-refractivity contribution is 5.07. The van der Waals surface area contributed by atoms with Gasteiger partial charge in [0.25, 0.3) is 0 Å². The Morgan fingerprint density at radius 2 is 1.89 bits per heavy atom. The zero-order valence-electron chi connectivity index (χ0n) is 6.26. The van der Waals surface area contributed by atoms with Gasteiger partial charge < -0.3 is 10.8 Å². The number of rotatable bonds is 1. The molecule has 0 aromatic heterocycles. The van der Waals surface area contributed by atoms with E-state index in [4.69, 9.17) is 10.8 Å². The number of hydrogen-bond acceptors (Lipinski definition) is 2. The fourth-order valence-corrected chi connectivity index (χ4v) is 0.195. The van der Waals surface area contributed by atoms with Gasteiger partial charge in [0, 0.05) is 0 Å². The molecule has 0 atom stereocenters. The van der Waals surface area contributed by atoms with Gasteiger partial charge in [-0.25, -0.2) is 0 Å². The largest absolute Gasteiger partial charge is 0.508 e. The van der Waals surface area contributed by atoms with Crippen LogP contribution in [0.4, 0.5) is 0 Å². The van der Waals surface area contributed by atoms with Crippen molar-refractivity contribution in [3.63, 3.8) is 0 Å². The number of allylic oxidation sites excluding steroid dienone is 2. The van der Waals surface area contributed by atoms with Crippen molar-refractivity contribution in [2.24, 2.45) is 5.73 Å². The molecule has 0 aromatic carbocycles. The standard InChI is InChI=1S/C5H9NO.C2H6/c1-2-5(7)3-4-6;1-2/h2-4,7H,6H2,1H3;1-2H3/b4-3-,5-2+;. The third-order valence-electron chi connectivity index (χ3n) is 0.563. The third kappa shape index (κ3) is 11.0. The first-order chi connectivity index (χ1) is 4.31. The first-order valence-corrected chi connectivity index (χ1v) is 3.04. The van der Waals surface area contributed by atoms with Crippen LogP contribution in [0.15, 0.2) is 24.1 Å². The molecule has 0 aromatic rings. The summed E-state index contributed by atoms with van der Waals surface area (Å²) in [5.74, 6) is 0.197. The summed E-state index contributed by atoms with van der Waals surface area (Å²) in [6.45, 7) is 5.73. The summed E-state index contributed by atoms with van der Waals surface area (Å²) in [5.41, 5.74) is 4.92. The highest BCUT2D eigenvalue weighted by atomic mass is 16.3. The van der Waals surface area contributed by atoms with Crippen LogP contribution in [0.2, 0.25) is 0 Å². The van der Waals surface area contributed by atoms with Gasteiger partial charge in [-0.15, -0.1) is 0 Å². The molecule has 0 fully saturated rings. The average molecular weight is 129 g/mol. The van der Waals surface area contributed by atoms with Crippen LogP contribution in [0, 0.1) is 0 Å². The molecule has 0 aliphatic heterocycles. The molecule has 2 nitrogen and oxygen atoms in total. The molecule has 0 aliphatic carbocycles. The molecule has 0 saturated heterocycles. The van der Waals surface area contributed by atoms with Gasteiger partial charge in [0.1, 0.15) is 5.76 Å². The van der Waals surface area contributed by atoms with E-state index >= 15 is 0 Å². The van der Waals surface area contributed by atoms with Crippen LogP contribution in [0.25, 0.3) is 0 Å². The normalized spacial score (nSPS) is 10.8. The molecule has 0 spiro atoms. The van der Waals surface area contributed by atoms with Crippen LogP contribution < -0.4 is 5.73 Å². The van der Waals surface area contributed by atoms with E-state index in [9.17, 15) is 0 Å². The maximum absolute atomic E-state index is 8.55. The molecule has 0 aliphatic rings. The van der Waals surface area contributed by atoms with E-state index in [0.29, 0.717) is 0 Å². The maximum Gasteiger partial charge on any atom is 0.112 e. The fourth-order valence-electron chi connectivity index (χ4n) is 0.195. The van der Waals surface area contributed by atoms with E-state index < -0.39 is 0 Å². The van der Waals surface area contributed by atoms with E-state index in [-0.39, 0.29) is 5.76 Å². The number of hydrogen-bond donors (Lipinski definition) is 2. The lowest BCUT2D eigenvalue weighted by atomic mass is 10.4. The molecular formula is C7H15NO. The van der Waals surface area contributed by atoms with Crippen molar-refractivity contribution >= 4 is 0 Å². The summed E-state index contributed by atoms with van der Waals surface area (Å²) in [6, 6.07) is 0. The van der Waals surface area contributed by atoms with Crippen molar-refractivity contribution in [3.8, 4) is 0 Å². The van der Waals surface area contributed by atoms with Crippen molar-refractivity contribution in [2.75, 3.05) is 0 Å². The average Bonchev–Trinajstić information content (AvgIpc) is 1.93. The summed E-state index contributed by atoms with van der Waals surface area (Å²) in [5, 5.41) is 8.55. The first kappa shape index (κ1) is 11.0. The second-order valence-electron chi connectivity index (χ2n) is 1.07. The Bertz CT molecular complexity index is 95.1. The molecule has 54 valence electrons. The van der Waals surface area contributed by atoms with Gasteiger partial charge in [-0.2, -0.15) is 0 Å². The number of nitrogens with two attached hydrogens (primary N) is 1. The van der Waals surface area contributed by atoms with Crippen LogP contribution >= 0.6 is 0 Å². The third-order valence-corrected chi connectivity index (χ3v) is 0.563. The smallest absolute Gasteiger partial charge is 0.112 e. The Labute approximate surface area is 56.7 Å². The minimum Gasteiger partial charge on any atom is -0.508 e. The highest BCUT2D eigenvalue weighted by Gasteiger charge is 1.73. The van der Waals surface area contributed by atoms with Crippen molar-refractivity contribution in [1.29, 1.82) is 0 Å². The molecule has 0 bridgehead atoms. The van der Waals surface area contributed by atoms with Gasteiger partial charge in [-0.1, -0.05) is 13.8 Å². The monoisotopic (exact) mass is 129 g/mol. The molecule has 9 heavy (non-hydrogen) atoms. The van der Waals surface area contributed by atoms with Crippen LogP contribution in [-0.2, 0) is 0 Å². The molecule has 2 heteroatoms. The summed E-state index contributed by atoms with van der Waals surface area (Å²) < 4.78 is 0. The van der Waals surface area contributed by atoms with E-state index in [1.54, 1.807) is 13.0 Å². The van der Waals surface area contributed by atoms with E-state index in [2.05, 4.69) is 0 Å². The van der Waals surface area contributed by atoms with Crippen LogP contribution in [-0.4, -0.2) is 5.11 Å². The quantitative estimate of drug-likeness (QED) is 0.420. The Morgan fingerprint density at radius 1 is 1.44 bits per heavy atom.